The molecule has 3 aromatic rings. The van der Waals surface area contributed by atoms with Crippen molar-refractivity contribution in [1.82, 2.24) is 10.2 Å². The summed E-state index contributed by atoms with van der Waals surface area (Å²) in [5.74, 6) is -0.902. The van der Waals surface area contributed by atoms with Crippen LogP contribution in [0.1, 0.15) is 18.9 Å². The molecule has 0 saturated carbocycles. The van der Waals surface area contributed by atoms with E-state index in [0.29, 0.717) is 15.6 Å². The van der Waals surface area contributed by atoms with Gasteiger partial charge in [0.1, 0.15) is 18.3 Å². The van der Waals surface area contributed by atoms with Crippen LogP contribution >= 0.6 is 34.8 Å². The summed E-state index contributed by atoms with van der Waals surface area (Å²) < 4.78 is 34.1. The van der Waals surface area contributed by atoms with E-state index in [-0.39, 0.29) is 34.3 Å². The van der Waals surface area contributed by atoms with Gasteiger partial charge in [-0.05, 0) is 48.9 Å². The lowest BCUT2D eigenvalue weighted by atomic mass is 10.1. The first kappa shape index (κ1) is 30.6. The minimum Gasteiger partial charge on any atom is -0.495 e. The number of anilines is 1. The van der Waals surface area contributed by atoms with E-state index < -0.39 is 34.4 Å². The number of hydrogen-bond acceptors (Lipinski definition) is 5. The van der Waals surface area contributed by atoms with Crippen LogP contribution in [0.15, 0.2) is 71.6 Å². The van der Waals surface area contributed by atoms with Gasteiger partial charge in [0.05, 0.1) is 17.7 Å². The summed E-state index contributed by atoms with van der Waals surface area (Å²) in [6, 6.07) is 16.1. The van der Waals surface area contributed by atoms with Gasteiger partial charge in [-0.25, -0.2) is 8.42 Å². The van der Waals surface area contributed by atoms with Crippen LogP contribution < -0.4 is 14.4 Å². The number of carbonyl (C=O) groups is 2. The zero-order chi connectivity index (χ0) is 28.7. The largest absolute Gasteiger partial charge is 0.495 e. The van der Waals surface area contributed by atoms with Crippen LogP contribution in [0.2, 0.25) is 15.1 Å². The van der Waals surface area contributed by atoms with Crippen molar-refractivity contribution < 1.29 is 22.7 Å². The highest BCUT2D eigenvalue weighted by molar-refractivity contribution is 7.92. The number of likely N-dealkylation sites (N-methyl/N-ethyl adjacent to an activating group) is 1. The number of rotatable bonds is 11. The smallest absolute Gasteiger partial charge is 0.264 e. The Balaban J connectivity index is 2.16. The number of halogens is 3. The van der Waals surface area contributed by atoms with Crippen LogP contribution in [0.25, 0.3) is 0 Å². The maximum atomic E-state index is 14.0. The molecule has 208 valence electrons. The van der Waals surface area contributed by atoms with Gasteiger partial charge in [0.2, 0.25) is 11.8 Å². The minimum atomic E-state index is -4.28. The highest BCUT2D eigenvalue weighted by Gasteiger charge is 2.35. The number of ether oxygens (including phenoxy) is 1. The number of sulfonamides is 1. The van der Waals surface area contributed by atoms with Crippen molar-refractivity contribution in [3.05, 3.63) is 87.4 Å². The van der Waals surface area contributed by atoms with Crippen molar-refractivity contribution in [3.8, 4) is 5.75 Å². The van der Waals surface area contributed by atoms with Crippen LogP contribution in [-0.2, 0) is 26.2 Å². The van der Waals surface area contributed by atoms with E-state index in [1.54, 1.807) is 49.4 Å². The molecule has 0 aliphatic rings. The molecule has 0 bridgehead atoms. The van der Waals surface area contributed by atoms with E-state index in [9.17, 15) is 18.0 Å². The average molecular weight is 613 g/mol. The minimum absolute atomic E-state index is 0.0427. The average Bonchev–Trinajstić information content (AvgIpc) is 2.93. The van der Waals surface area contributed by atoms with Crippen LogP contribution in [-0.4, -0.2) is 51.9 Å². The molecule has 0 fully saturated rings. The first-order valence-electron chi connectivity index (χ1n) is 11.9. The van der Waals surface area contributed by atoms with Gasteiger partial charge < -0.3 is 15.0 Å². The SMILES string of the molecule is CC[C@@H](C(=O)NC)N(Cc1c(Cl)cccc1Cl)C(=O)CN(c1cc(Cl)ccc1OC)S(=O)(=O)c1ccccc1. The molecule has 3 rings (SSSR count). The van der Waals surface area contributed by atoms with Gasteiger partial charge in [-0.1, -0.05) is 66.0 Å². The van der Waals surface area contributed by atoms with Gasteiger partial charge in [-0.15, -0.1) is 0 Å². The molecule has 0 aliphatic heterocycles. The molecule has 0 spiro atoms. The number of hydrogen-bond donors (Lipinski definition) is 1. The van der Waals surface area contributed by atoms with Crippen LogP contribution in [0.3, 0.4) is 0 Å². The lowest BCUT2D eigenvalue weighted by Gasteiger charge is -2.33. The fourth-order valence-electron chi connectivity index (χ4n) is 4.03. The fourth-order valence-corrected chi connectivity index (χ4v) is 6.15. The topological polar surface area (TPSA) is 96.0 Å². The molecule has 0 aliphatic carbocycles. The zero-order valence-electron chi connectivity index (χ0n) is 21.5. The van der Waals surface area contributed by atoms with Crippen molar-refractivity contribution in [2.24, 2.45) is 0 Å². The number of benzene rings is 3. The molecule has 12 heteroatoms. The van der Waals surface area contributed by atoms with Gasteiger partial charge >= 0.3 is 0 Å². The summed E-state index contributed by atoms with van der Waals surface area (Å²) >= 11 is 19.0. The van der Waals surface area contributed by atoms with Crippen molar-refractivity contribution >= 4 is 62.3 Å². The van der Waals surface area contributed by atoms with Crippen molar-refractivity contribution in [2.75, 3.05) is 25.0 Å². The lowest BCUT2D eigenvalue weighted by Crippen LogP contribution is -2.51. The Morgan fingerprint density at radius 1 is 0.974 bits per heavy atom. The molecular formula is C27H28Cl3N3O5S. The first-order chi connectivity index (χ1) is 18.5. The van der Waals surface area contributed by atoms with Crippen molar-refractivity contribution in [3.63, 3.8) is 0 Å². The third-order valence-electron chi connectivity index (χ3n) is 6.04. The Bertz CT molecular complexity index is 1420. The van der Waals surface area contributed by atoms with Gasteiger partial charge in [-0.2, -0.15) is 0 Å². The third kappa shape index (κ3) is 6.97. The number of carbonyl (C=O) groups excluding carboxylic acids is 2. The maximum Gasteiger partial charge on any atom is 0.264 e. The number of methoxy groups -OCH3 is 1. The molecule has 0 heterocycles. The maximum absolute atomic E-state index is 14.0. The number of nitrogens with zero attached hydrogens (tertiary/aromatic N) is 2. The number of nitrogens with one attached hydrogen (secondary N) is 1. The van der Waals surface area contributed by atoms with E-state index >= 15 is 0 Å². The molecule has 0 saturated heterocycles. The summed E-state index contributed by atoms with van der Waals surface area (Å²) in [5, 5.41) is 3.41. The molecule has 1 atom stereocenters. The predicted molar refractivity (Wildman–Crippen MR) is 154 cm³/mol. The van der Waals surface area contributed by atoms with Crippen LogP contribution in [0.5, 0.6) is 5.75 Å². The second kappa shape index (κ2) is 13.4. The van der Waals surface area contributed by atoms with Gasteiger partial charge in [0, 0.05) is 34.2 Å². The summed E-state index contributed by atoms with van der Waals surface area (Å²) in [6.45, 7) is 0.950. The van der Waals surface area contributed by atoms with E-state index in [1.165, 1.54) is 43.3 Å². The fraction of sp³-hybridized carbons (Fsp3) is 0.259. The zero-order valence-corrected chi connectivity index (χ0v) is 24.6. The summed E-state index contributed by atoms with van der Waals surface area (Å²) in [4.78, 5) is 28.1. The predicted octanol–water partition coefficient (Wildman–Crippen LogP) is 5.40. The molecular weight excluding hydrogens is 585 g/mol. The standard InChI is InChI=1S/C27H28Cl3N3O5S/c1-4-23(27(35)31-2)32(16-20-21(29)11-8-12-22(20)30)26(34)17-33(24-15-18(28)13-14-25(24)38-3)39(36,37)19-9-6-5-7-10-19/h5-15,23H,4,16-17H2,1-3H3,(H,31,35)/t23-/m0/s1. The second-order valence-corrected chi connectivity index (χ2v) is 11.5. The van der Waals surface area contributed by atoms with Crippen LogP contribution in [0, 0.1) is 0 Å². The Morgan fingerprint density at radius 2 is 1.62 bits per heavy atom. The quantitative estimate of drug-likeness (QED) is 0.313. The second-order valence-electron chi connectivity index (χ2n) is 8.40. The van der Waals surface area contributed by atoms with Gasteiger partial charge in [0.15, 0.2) is 0 Å². The summed E-state index contributed by atoms with van der Waals surface area (Å²) in [6.07, 6.45) is 0.249. The highest BCUT2D eigenvalue weighted by Crippen LogP contribution is 2.35. The van der Waals surface area contributed by atoms with Crippen molar-refractivity contribution in [1.29, 1.82) is 0 Å². The number of amides is 2. The molecule has 1 N–H and O–H groups in total. The molecule has 0 radical (unpaired) electrons. The summed E-state index contributed by atoms with van der Waals surface area (Å²) in [7, 11) is -1.45. The third-order valence-corrected chi connectivity index (χ3v) is 8.76. The summed E-state index contributed by atoms with van der Waals surface area (Å²) in [5.41, 5.74) is 0.486. The van der Waals surface area contributed by atoms with Gasteiger partial charge in [0.25, 0.3) is 10.0 Å². The Labute approximate surface area is 243 Å². The molecule has 39 heavy (non-hydrogen) atoms. The van der Waals surface area contributed by atoms with Crippen molar-refractivity contribution in [2.45, 2.75) is 30.8 Å². The van der Waals surface area contributed by atoms with E-state index in [1.807, 2.05) is 0 Å². The molecule has 8 nitrogen and oxygen atoms in total. The monoisotopic (exact) mass is 611 g/mol. The lowest BCUT2D eigenvalue weighted by molar-refractivity contribution is -0.140. The first-order valence-corrected chi connectivity index (χ1v) is 14.5. The van der Waals surface area contributed by atoms with Gasteiger partial charge in [-0.3, -0.25) is 13.9 Å². The van der Waals surface area contributed by atoms with Crippen LogP contribution in [0.4, 0.5) is 5.69 Å². The Morgan fingerprint density at radius 3 is 2.18 bits per heavy atom. The van der Waals surface area contributed by atoms with E-state index in [4.69, 9.17) is 39.5 Å². The molecule has 0 aromatic heterocycles. The Hall–Kier alpha value is -2.98. The molecule has 2 amide bonds. The molecule has 0 unspecified atom stereocenters. The van der Waals surface area contributed by atoms with E-state index in [0.717, 1.165) is 4.31 Å². The highest BCUT2D eigenvalue weighted by atomic mass is 35.5. The van der Waals surface area contributed by atoms with E-state index in [2.05, 4.69) is 5.32 Å². The normalized spacial score (nSPS) is 11.9. The molecule has 3 aromatic carbocycles. The Kier molecular flexibility index (Phi) is 10.5.